The first-order valence-corrected chi connectivity index (χ1v) is 6.78. The Morgan fingerprint density at radius 1 is 1.25 bits per heavy atom. The third kappa shape index (κ3) is 2.90. The molecule has 1 aliphatic rings. The predicted octanol–water partition coefficient (Wildman–Crippen LogP) is 2.32. The van der Waals surface area contributed by atoms with E-state index in [0.717, 1.165) is 30.4 Å². The molecule has 0 amide bonds. The maximum Gasteiger partial charge on any atom is 0.0984 e. The summed E-state index contributed by atoms with van der Waals surface area (Å²) in [6.45, 7) is 6.28. The van der Waals surface area contributed by atoms with Crippen molar-refractivity contribution in [3.8, 4) is 0 Å². The molecular weight excluding hydrogens is 188 g/mol. The second kappa shape index (κ2) is 5.02. The van der Waals surface area contributed by atoms with Gasteiger partial charge in [0.15, 0.2) is 0 Å². The molecule has 0 saturated carbocycles. The van der Waals surface area contributed by atoms with Crippen molar-refractivity contribution < 1.29 is 0 Å². The van der Waals surface area contributed by atoms with Crippen LogP contribution in [0.3, 0.4) is 0 Å². The van der Waals surface area contributed by atoms with Crippen LogP contribution in [0, 0.1) is 11.3 Å². The number of amidine groups is 1. The number of nitrogens with zero attached hydrogens (tertiary/aromatic N) is 1. The molecule has 1 rings (SSSR count). The lowest BCUT2D eigenvalue weighted by Crippen LogP contribution is -2.36. The van der Waals surface area contributed by atoms with E-state index < -0.39 is 0 Å². The van der Waals surface area contributed by atoms with Crippen molar-refractivity contribution in [3.05, 3.63) is 0 Å². The zero-order chi connectivity index (χ0) is 8.97. The maximum absolute atomic E-state index is 7.84. The van der Waals surface area contributed by atoms with Gasteiger partial charge < -0.3 is 4.90 Å². The highest BCUT2D eigenvalue weighted by atomic mass is 33.1. The minimum atomic E-state index is 0.373. The number of hydrogen-bond donors (Lipinski definition) is 1. The van der Waals surface area contributed by atoms with E-state index in [1.807, 2.05) is 21.6 Å². The number of hydrogen-bond acceptors (Lipinski definition) is 3. The molecule has 0 unspecified atom stereocenters. The third-order valence-electron chi connectivity index (χ3n) is 1.86. The summed E-state index contributed by atoms with van der Waals surface area (Å²) in [7, 11) is 3.85. The highest BCUT2D eigenvalue weighted by molar-refractivity contribution is 8.76. The molecule has 70 valence electrons. The van der Waals surface area contributed by atoms with Crippen molar-refractivity contribution in [1.82, 2.24) is 4.90 Å². The van der Waals surface area contributed by atoms with Gasteiger partial charge >= 0.3 is 0 Å². The predicted molar refractivity (Wildman–Crippen MR) is 59.1 cm³/mol. The van der Waals surface area contributed by atoms with Crippen LogP contribution in [0.15, 0.2) is 0 Å². The third-order valence-corrected chi connectivity index (χ3v) is 4.23. The van der Waals surface area contributed by atoms with Gasteiger partial charge in [-0.25, -0.2) is 0 Å². The van der Waals surface area contributed by atoms with E-state index in [0.29, 0.717) is 5.92 Å². The fourth-order valence-corrected chi connectivity index (χ4v) is 3.11. The van der Waals surface area contributed by atoms with Crippen molar-refractivity contribution in [2.75, 3.05) is 24.6 Å². The van der Waals surface area contributed by atoms with Gasteiger partial charge in [-0.15, -0.1) is 0 Å². The average molecular weight is 204 g/mol. The van der Waals surface area contributed by atoms with Crippen molar-refractivity contribution in [2.24, 2.45) is 5.92 Å². The summed E-state index contributed by atoms with van der Waals surface area (Å²) in [5, 5.41) is 7.84. The fourth-order valence-electron chi connectivity index (χ4n) is 1.13. The van der Waals surface area contributed by atoms with Gasteiger partial charge in [0.2, 0.25) is 0 Å². The SMILES string of the molecule is CC(C)C(=N)N1CCSSCC1. The summed E-state index contributed by atoms with van der Waals surface area (Å²) < 4.78 is 0. The normalized spacial score (nSPS) is 19.4. The van der Waals surface area contributed by atoms with E-state index in [9.17, 15) is 0 Å². The van der Waals surface area contributed by atoms with Crippen LogP contribution in [0.2, 0.25) is 0 Å². The number of nitrogens with one attached hydrogen (secondary N) is 1. The van der Waals surface area contributed by atoms with E-state index in [-0.39, 0.29) is 0 Å². The van der Waals surface area contributed by atoms with E-state index in [4.69, 9.17) is 5.41 Å². The quantitative estimate of drug-likeness (QED) is 0.403. The molecule has 0 atom stereocenters. The van der Waals surface area contributed by atoms with E-state index in [2.05, 4.69) is 18.7 Å². The molecule has 0 spiro atoms. The lowest BCUT2D eigenvalue weighted by atomic mass is 10.2. The monoisotopic (exact) mass is 204 g/mol. The maximum atomic E-state index is 7.84. The van der Waals surface area contributed by atoms with Crippen LogP contribution >= 0.6 is 21.6 Å². The van der Waals surface area contributed by atoms with Gasteiger partial charge in [0.1, 0.15) is 0 Å². The van der Waals surface area contributed by atoms with Gasteiger partial charge in [-0.3, -0.25) is 5.41 Å². The van der Waals surface area contributed by atoms with Crippen LogP contribution in [0.4, 0.5) is 0 Å². The highest BCUT2D eigenvalue weighted by Crippen LogP contribution is 2.24. The van der Waals surface area contributed by atoms with Gasteiger partial charge in [-0.1, -0.05) is 35.4 Å². The molecule has 12 heavy (non-hydrogen) atoms. The molecule has 0 aliphatic carbocycles. The van der Waals surface area contributed by atoms with Crippen molar-refractivity contribution >= 4 is 27.4 Å². The molecule has 1 saturated heterocycles. The molecule has 0 aromatic rings. The lowest BCUT2D eigenvalue weighted by molar-refractivity contribution is 0.446. The summed E-state index contributed by atoms with van der Waals surface area (Å²) in [5.74, 6) is 3.48. The molecule has 4 heteroatoms. The fraction of sp³-hybridized carbons (Fsp3) is 0.875. The molecule has 0 radical (unpaired) electrons. The summed E-state index contributed by atoms with van der Waals surface area (Å²) in [6, 6.07) is 0. The Bertz CT molecular complexity index is 151. The Hall–Kier alpha value is 0.170. The van der Waals surface area contributed by atoms with Gasteiger partial charge in [0.05, 0.1) is 5.84 Å². The Balaban J connectivity index is 2.43. The molecule has 2 nitrogen and oxygen atoms in total. The smallest absolute Gasteiger partial charge is 0.0984 e. The van der Waals surface area contributed by atoms with Gasteiger partial charge in [0, 0.05) is 30.5 Å². The molecule has 1 heterocycles. The largest absolute Gasteiger partial charge is 0.359 e. The van der Waals surface area contributed by atoms with Crippen LogP contribution in [-0.4, -0.2) is 35.3 Å². The first kappa shape index (κ1) is 10.3. The summed E-state index contributed by atoms with van der Waals surface area (Å²) >= 11 is 0. The van der Waals surface area contributed by atoms with Crippen LogP contribution in [0.25, 0.3) is 0 Å². The Morgan fingerprint density at radius 2 is 1.75 bits per heavy atom. The van der Waals surface area contributed by atoms with Crippen LogP contribution in [-0.2, 0) is 0 Å². The summed E-state index contributed by atoms with van der Waals surface area (Å²) in [5.41, 5.74) is 0. The first-order valence-electron chi connectivity index (χ1n) is 4.29. The molecule has 1 aliphatic heterocycles. The minimum Gasteiger partial charge on any atom is -0.359 e. The van der Waals surface area contributed by atoms with Crippen LogP contribution < -0.4 is 0 Å². The summed E-state index contributed by atoms with van der Waals surface area (Å²) in [6.07, 6.45) is 0. The van der Waals surface area contributed by atoms with Gasteiger partial charge in [0.25, 0.3) is 0 Å². The standard InChI is InChI=1S/C8H16N2S2/c1-7(2)8(9)10-3-5-11-12-6-4-10/h7,9H,3-6H2,1-2H3. The molecular formula is C8H16N2S2. The lowest BCUT2D eigenvalue weighted by Gasteiger charge is -2.24. The average Bonchev–Trinajstić information content (AvgIpc) is 2.30. The van der Waals surface area contributed by atoms with Crippen molar-refractivity contribution in [3.63, 3.8) is 0 Å². The van der Waals surface area contributed by atoms with Crippen LogP contribution in [0.1, 0.15) is 13.8 Å². The summed E-state index contributed by atoms with van der Waals surface area (Å²) in [4.78, 5) is 2.21. The highest BCUT2D eigenvalue weighted by Gasteiger charge is 2.14. The second-order valence-electron chi connectivity index (χ2n) is 3.17. The number of rotatable bonds is 1. The topological polar surface area (TPSA) is 27.1 Å². The molecule has 0 aromatic carbocycles. The zero-order valence-corrected chi connectivity index (χ0v) is 9.30. The van der Waals surface area contributed by atoms with Crippen molar-refractivity contribution in [1.29, 1.82) is 5.41 Å². The molecule has 1 fully saturated rings. The molecule has 0 bridgehead atoms. The van der Waals surface area contributed by atoms with E-state index in [1.165, 1.54) is 0 Å². The second-order valence-corrected chi connectivity index (χ2v) is 5.87. The molecule has 1 N–H and O–H groups in total. The van der Waals surface area contributed by atoms with E-state index >= 15 is 0 Å². The zero-order valence-electron chi connectivity index (χ0n) is 7.67. The minimum absolute atomic E-state index is 0.373. The van der Waals surface area contributed by atoms with Gasteiger partial charge in [-0.05, 0) is 0 Å². The Morgan fingerprint density at radius 3 is 2.17 bits per heavy atom. The van der Waals surface area contributed by atoms with Gasteiger partial charge in [-0.2, -0.15) is 0 Å². The molecule has 0 aromatic heterocycles. The van der Waals surface area contributed by atoms with E-state index in [1.54, 1.807) is 0 Å². The van der Waals surface area contributed by atoms with Crippen LogP contribution in [0.5, 0.6) is 0 Å². The van der Waals surface area contributed by atoms with Crippen molar-refractivity contribution in [2.45, 2.75) is 13.8 Å². The first-order chi connectivity index (χ1) is 5.72. The Labute approximate surface area is 82.4 Å². The Kier molecular flexibility index (Phi) is 4.29.